The summed E-state index contributed by atoms with van der Waals surface area (Å²) in [5, 5.41) is 9.78. The highest BCUT2D eigenvalue weighted by Crippen LogP contribution is 2.50. The standard InChI is InChI=1S/C50H31NOS/c1-2-13-33(14-3-1)48-42-19-6-4-15-37(42)38-16-5-7-20-43(38)49(48)51(35-29-30-41-40-18-9-11-24-46(40)53-47(41)31-35)34-27-25-32(26-28-34)36-21-12-22-44-39-17-8-10-23-45(39)52-50(36)44/h1-31H. The number of anilines is 3. The summed E-state index contributed by atoms with van der Waals surface area (Å²) in [6.07, 6.45) is 0. The minimum Gasteiger partial charge on any atom is -0.455 e. The first-order chi connectivity index (χ1) is 26.3. The lowest BCUT2D eigenvalue weighted by atomic mass is 9.90. The van der Waals surface area contributed by atoms with Gasteiger partial charge in [0.25, 0.3) is 0 Å². The summed E-state index contributed by atoms with van der Waals surface area (Å²) < 4.78 is 9.04. The Bertz CT molecular complexity index is 3170. The molecule has 248 valence electrons. The number of nitrogens with zero attached hydrogens (tertiary/aromatic N) is 1. The van der Waals surface area contributed by atoms with Crippen LogP contribution in [0.3, 0.4) is 0 Å². The Morgan fingerprint density at radius 1 is 0.377 bits per heavy atom. The van der Waals surface area contributed by atoms with Gasteiger partial charge in [-0.05, 0) is 63.7 Å². The van der Waals surface area contributed by atoms with Crippen molar-refractivity contribution in [2.75, 3.05) is 4.90 Å². The van der Waals surface area contributed by atoms with Gasteiger partial charge in [0, 0.05) is 58.8 Å². The molecule has 0 unspecified atom stereocenters. The van der Waals surface area contributed by atoms with Gasteiger partial charge in [0.15, 0.2) is 0 Å². The Morgan fingerprint density at radius 2 is 0.981 bits per heavy atom. The number of thiophene rings is 1. The second kappa shape index (κ2) is 11.9. The van der Waals surface area contributed by atoms with Crippen LogP contribution < -0.4 is 4.90 Å². The number of hydrogen-bond acceptors (Lipinski definition) is 3. The maximum absolute atomic E-state index is 6.46. The highest BCUT2D eigenvalue weighted by atomic mass is 32.1. The molecule has 11 rings (SSSR count). The van der Waals surface area contributed by atoms with Crippen LogP contribution in [0.1, 0.15) is 0 Å². The highest BCUT2D eigenvalue weighted by molar-refractivity contribution is 7.25. The Balaban J connectivity index is 1.19. The van der Waals surface area contributed by atoms with E-state index >= 15 is 0 Å². The molecule has 0 saturated carbocycles. The van der Waals surface area contributed by atoms with Crippen LogP contribution in [0.4, 0.5) is 17.1 Å². The minimum absolute atomic E-state index is 0.908. The second-order valence-electron chi connectivity index (χ2n) is 13.6. The molecule has 53 heavy (non-hydrogen) atoms. The molecule has 3 heteroatoms. The largest absolute Gasteiger partial charge is 0.455 e. The summed E-state index contributed by atoms with van der Waals surface area (Å²) in [6.45, 7) is 0. The number of furan rings is 1. The predicted octanol–water partition coefficient (Wildman–Crippen LogP) is 15.1. The fraction of sp³-hybridized carbons (Fsp3) is 0. The lowest BCUT2D eigenvalue weighted by molar-refractivity contribution is 0.670. The van der Waals surface area contributed by atoms with E-state index in [9.17, 15) is 0 Å². The first-order valence-electron chi connectivity index (χ1n) is 18.0. The van der Waals surface area contributed by atoms with Crippen molar-refractivity contribution in [2.45, 2.75) is 0 Å². The molecule has 0 amide bonds. The lowest BCUT2D eigenvalue weighted by Gasteiger charge is -2.31. The SMILES string of the molecule is c1ccc(-c2c(N(c3ccc(-c4cccc5c4oc4ccccc45)cc3)c3ccc4c(c3)sc3ccccc34)c3ccccc3c3ccccc23)cc1. The molecule has 0 aliphatic carbocycles. The van der Waals surface area contributed by atoms with E-state index in [2.05, 4.69) is 181 Å². The molecule has 0 spiro atoms. The molecule has 2 heterocycles. The fourth-order valence-electron chi connectivity index (χ4n) is 8.28. The molecule has 11 aromatic rings. The summed E-state index contributed by atoms with van der Waals surface area (Å²) in [5.74, 6) is 0. The highest BCUT2D eigenvalue weighted by Gasteiger charge is 2.24. The third-order valence-electron chi connectivity index (χ3n) is 10.7. The first kappa shape index (κ1) is 30.0. The van der Waals surface area contributed by atoms with Crippen molar-refractivity contribution in [1.29, 1.82) is 0 Å². The molecule has 2 aromatic heterocycles. The van der Waals surface area contributed by atoms with E-state index in [0.717, 1.165) is 50.1 Å². The van der Waals surface area contributed by atoms with Crippen molar-refractivity contribution in [2.24, 2.45) is 0 Å². The monoisotopic (exact) mass is 693 g/mol. The van der Waals surface area contributed by atoms with Gasteiger partial charge in [-0.25, -0.2) is 0 Å². The zero-order chi connectivity index (χ0) is 34.9. The van der Waals surface area contributed by atoms with Crippen LogP contribution >= 0.6 is 11.3 Å². The van der Waals surface area contributed by atoms with Gasteiger partial charge in [-0.1, -0.05) is 152 Å². The summed E-state index contributed by atoms with van der Waals surface area (Å²) >= 11 is 1.86. The Labute approximate surface area is 310 Å². The van der Waals surface area contributed by atoms with Crippen molar-refractivity contribution >= 4 is 92.1 Å². The van der Waals surface area contributed by atoms with Crippen LogP contribution in [-0.4, -0.2) is 0 Å². The summed E-state index contributed by atoms with van der Waals surface area (Å²) in [7, 11) is 0. The van der Waals surface area contributed by atoms with Gasteiger partial charge in [-0.2, -0.15) is 0 Å². The van der Waals surface area contributed by atoms with Crippen molar-refractivity contribution in [1.82, 2.24) is 0 Å². The van der Waals surface area contributed by atoms with Crippen LogP contribution in [0.15, 0.2) is 192 Å². The number of rotatable bonds is 5. The molecule has 9 aromatic carbocycles. The Hall–Kier alpha value is -6.68. The normalized spacial score (nSPS) is 11.8. The molecule has 0 atom stereocenters. The average molecular weight is 694 g/mol. The van der Waals surface area contributed by atoms with Crippen molar-refractivity contribution < 1.29 is 4.42 Å². The molecule has 0 aliphatic heterocycles. The molecule has 0 fully saturated rings. The Morgan fingerprint density at radius 3 is 1.79 bits per heavy atom. The van der Waals surface area contributed by atoms with E-state index < -0.39 is 0 Å². The van der Waals surface area contributed by atoms with Crippen LogP contribution in [0.5, 0.6) is 0 Å². The molecule has 0 radical (unpaired) electrons. The summed E-state index contributed by atoms with van der Waals surface area (Å²) in [6, 6.07) is 68.0. The van der Waals surface area contributed by atoms with E-state index in [-0.39, 0.29) is 0 Å². The second-order valence-corrected chi connectivity index (χ2v) is 14.7. The lowest BCUT2D eigenvalue weighted by Crippen LogP contribution is -2.12. The van der Waals surface area contributed by atoms with Crippen LogP contribution in [0.2, 0.25) is 0 Å². The van der Waals surface area contributed by atoms with Crippen molar-refractivity contribution in [3.05, 3.63) is 188 Å². The van der Waals surface area contributed by atoms with Crippen molar-refractivity contribution in [3.63, 3.8) is 0 Å². The molecule has 0 saturated heterocycles. The molecule has 0 bridgehead atoms. The van der Waals surface area contributed by atoms with Gasteiger partial charge in [0.2, 0.25) is 0 Å². The maximum atomic E-state index is 6.46. The molecule has 2 nitrogen and oxygen atoms in total. The topological polar surface area (TPSA) is 16.4 Å². The van der Waals surface area contributed by atoms with Gasteiger partial charge in [0.05, 0.1) is 5.69 Å². The summed E-state index contributed by atoms with van der Waals surface area (Å²) in [4.78, 5) is 2.48. The van der Waals surface area contributed by atoms with E-state index in [1.54, 1.807) is 0 Å². The first-order valence-corrected chi connectivity index (χ1v) is 18.8. The van der Waals surface area contributed by atoms with E-state index in [1.165, 1.54) is 52.8 Å². The smallest absolute Gasteiger partial charge is 0.143 e. The zero-order valence-corrected chi connectivity index (χ0v) is 29.5. The fourth-order valence-corrected chi connectivity index (χ4v) is 9.42. The van der Waals surface area contributed by atoms with Crippen LogP contribution in [0.25, 0.3) is 85.9 Å². The minimum atomic E-state index is 0.908. The molecular weight excluding hydrogens is 663 g/mol. The molecular formula is C50H31NOS. The Kier molecular flexibility index (Phi) is 6.76. The van der Waals surface area contributed by atoms with Gasteiger partial charge >= 0.3 is 0 Å². The number of hydrogen-bond donors (Lipinski definition) is 0. The molecule has 0 N–H and O–H groups in total. The van der Waals surface area contributed by atoms with Crippen LogP contribution in [-0.2, 0) is 0 Å². The zero-order valence-electron chi connectivity index (χ0n) is 28.7. The maximum Gasteiger partial charge on any atom is 0.143 e. The number of para-hydroxylation sites is 2. The average Bonchev–Trinajstić information content (AvgIpc) is 3.80. The van der Waals surface area contributed by atoms with Crippen LogP contribution in [0, 0.1) is 0 Å². The van der Waals surface area contributed by atoms with Crippen molar-refractivity contribution in [3.8, 4) is 22.3 Å². The van der Waals surface area contributed by atoms with Gasteiger partial charge < -0.3 is 9.32 Å². The van der Waals surface area contributed by atoms with E-state index in [0.29, 0.717) is 0 Å². The predicted molar refractivity (Wildman–Crippen MR) is 227 cm³/mol. The van der Waals surface area contributed by atoms with E-state index in [4.69, 9.17) is 4.42 Å². The number of benzene rings is 9. The van der Waals surface area contributed by atoms with E-state index in [1.807, 2.05) is 23.5 Å². The van der Waals surface area contributed by atoms with Gasteiger partial charge in [-0.15, -0.1) is 11.3 Å². The number of fused-ring (bicyclic) bond motifs is 9. The summed E-state index contributed by atoms with van der Waals surface area (Å²) in [5.41, 5.74) is 9.80. The quantitative estimate of drug-likeness (QED) is 0.167. The molecule has 0 aliphatic rings. The third kappa shape index (κ3) is 4.71. The van der Waals surface area contributed by atoms with Gasteiger partial charge in [0.1, 0.15) is 11.2 Å². The third-order valence-corrected chi connectivity index (χ3v) is 11.8. The van der Waals surface area contributed by atoms with Gasteiger partial charge in [-0.3, -0.25) is 0 Å².